The van der Waals surface area contributed by atoms with E-state index in [1.54, 1.807) is 11.3 Å². The van der Waals surface area contributed by atoms with Crippen LogP contribution < -0.4 is 5.32 Å². The minimum absolute atomic E-state index is 0.807. The monoisotopic (exact) mass is 283 g/mol. The molecular formula is C16H17N3S. The Hall–Kier alpha value is -1.94. The van der Waals surface area contributed by atoms with Crippen molar-refractivity contribution in [2.45, 2.75) is 20.8 Å². The number of nitrogens with zero attached hydrogens (tertiary/aromatic N) is 2. The predicted molar refractivity (Wildman–Crippen MR) is 86.5 cm³/mol. The topological polar surface area (TPSA) is 37.8 Å². The number of aromatic nitrogens is 2. The zero-order valence-corrected chi connectivity index (χ0v) is 12.7. The highest BCUT2D eigenvalue weighted by Crippen LogP contribution is 2.33. The summed E-state index contributed by atoms with van der Waals surface area (Å²) in [4.78, 5) is 9.36. The number of fused-ring (bicyclic) bond motifs is 1. The summed E-state index contributed by atoms with van der Waals surface area (Å²) in [6.07, 6.45) is 0. The lowest BCUT2D eigenvalue weighted by molar-refractivity contribution is 1.05. The van der Waals surface area contributed by atoms with E-state index in [4.69, 9.17) is 4.98 Å². The Balaban J connectivity index is 2.19. The van der Waals surface area contributed by atoms with Crippen molar-refractivity contribution in [3.63, 3.8) is 0 Å². The molecule has 2 heterocycles. The number of hydrogen-bond donors (Lipinski definition) is 1. The highest BCUT2D eigenvalue weighted by molar-refractivity contribution is 7.17. The largest absolute Gasteiger partial charge is 0.370 e. The fraction of sp³-hybridized carbons (Fsp3) is 0.250. The number of aryl methyl sites for hydroxylation is 1. The van der Waals surface area contributed by atoms with Crippen molar-refractivity contribution in [3.05, 3.63) is 40.9 Å². The van der Waals surface area contributed by atoms with E-state index in [9.17, 15) is 0 Å². The van der Waals surface area contributed by atoms with Crippen molar-refractivity contribution in [1.82, 2.24) is 9.97 Å². The summed E-state index contributed by atoms with van der Waals surface area (Å²) in [5.74, 6) is 1.74. The lowest BCUT2D eigenvalue weighted by Gasteiger charge is -2.10. The molecule has 0 spiro atoms. The summed E-state index contributed by atoms with van der Waals surface area (Å²) in [5.41, 5.74) is 3.27. The molecule has 3 rings (SSSR count). The van der Waals surface area contributed by atoms with Gasteiger partial charge in [0.25, 0.3) is 0 Å². The lowest BCUT2D eigenvalue weighted by atomic mass is 10.1. The number of rotatable bonds is 3. The third-order valence-electron chi connectivity index (χ3n) is 3.46. The highest BCUT2D eigenvalue weighted by Gasteiger charge is 2.12. The van der Waals surface area contributed by atoms with Crippen molar-refractivity contribution in [3.8, 4) is 11.4 Å². The van der Waals surface area contributed by atoms with E-state index in [0.29, 0.717) is 0 Å². The number of thiophene rings is 1. The highest BCUT2D eigenvalue weighted by atomic mass is 32.1. The van der Waals surface area contributed by atoms with Crippen molar-refractivity contribution < 1.29 is 0 Å². The van der Waals surface area contributed by atoms with E-state index in [1.807, 2.05) is 6.92 Å². The normalized spacial score (nSPS) is 10.9. The van der Waals surface area contributed by atoms with Crippen LogP contribution in [0.1, 0.15) is 18.2 Å². The second-order valence-electron chi connectivity index (χ2n) is 4.78. The van der Waals surface area contributed by atoms with Crippen LogP contribution in [0.4, 0.5) is 5.82 Å². The summed E-state index contributed by atoms with van der Waals surface area (Å²) in [7, 11) is 0. The maximum absolute atomic E-state index is 4.70. The van der Waals surface area contributed by atoms with Gasteiger partial charge < -0.3 is 5.32 Å². The van der Waals surface area contributed by atoms with E-state index in [2.05, 4.69) is 53.8 Å². The second kappa shape index (κ2) is 5.21. The molecule has 0 aliphatic carbocycles. The van der Waals surface area contributed by atoms with E-state index < -0.39 is 0 Å². The zero-order valence-electron chi connectivity index (χ0n) is 11.9. The minimum atomic E-state index is 0.807. The third kappa shape index (κ3) is 2.16. The third-order valence-corrected chi connectivity index (χ3v) is 4.42. The van der Waals surface area contributed by atoms with Crippen molar-refractivity contribution in [2.24, 2.45) is 0 Å². The molecule has 0 saturated heterocycles. The van der Waals surface area contributed by atoms with E-state index in [-0.39, 0.29) is 0 Å². The van der Waals surface area contributed by atoms with Crippen LogP contribution in [0, 0.1) is 13.8 Å². The van der Waals surface area contributed by atoms with Gasteiger partial charge in [0, 0.05) is 38.8 Å². The molecule has 0 unspecified atom stereocenters. The van der Waals surface area contributed by atoms with Gasteiger partial charge in [-0.25, -0.2) is 9.97 Å². The molecule has 0 atom stereocenters. The van der Waals surface area contributed by atoms with E-state index in [1.165, 1.54) is 10.1 Å². The van der Waals surface area contributed by atoms with Gasteiger partial charge in [-0.2, -0.15) is 0 Å². The van der Waals surface area contributed by atoms with Crippen molar-refractivity contribution >= 4 is 27.2 Å². The molecule has 3 aromatic rings. The van der Waals surface area contributed by atoms with Crippen LogP contribution in [-0.4, -0.2) is 16.5 Å². The van der Waals surface area contributed by atoms with Crippen LogP contribution >= 0.6 is 11.3 Å². The Labute approximate surface area is 122 Å². The molecule has 1 aromatic carbocycles. The lowest BCUT2D eigenvalue weighted by Crippen LogP contribution is -2.05. The summed E-state index contributed by atoms with van der Waals surface area (Å²) >= 11 is 1.74. The van der Waals surface area contributed by atoms with Gasteiger partial charge in [0.2, 0.25) is 0 Å². The first-order valence-corrected chi connectivity index (χ1v) is 7.64. The number of anilines is 1. The summed E-state index contributed by atoms with van der Waals surface area (Å²) < 4.78 is 1.27. The molecule has 0 fully saturated rings. The van der Waals surface area contributed by atoms with Crippen LogP contribution in [0.5, 0.6) is 0 Å². The molecule has 0 aliphatic heterocycles. The molecule has 1 N–H and O–H groups in total. The average molecular weight is 283 g/mol. The summed E-state index contributed by atoms with van der Waals surface area (Å²) in [5, 5.41) is 6.69. The first-order valence-electron chi connectivity index (χ1n) is 6.76. The Kier molecular flexibility index (Phi) is 3.40. The molecule has 3 nitrogen and oxygen atoms in total. The quantitative estimate of drug-likeness (QED) is 0.774. The molecule has 0 saturated carbocycles. The first kappa shape index (κ1) is 13.1. The number of benzene rings is 1. The average Bonchev–Trinajstić information content (AvgIpc) is 2.88. The van der Waals surface area contributed by atoms with Gasteiger partial charge in [0.15, 0.2) is 5.82 Å². The maximum atomic E-state index is 4.70. The SMILES string of the molecule is CCNc1nc(-c2csc3ccccc23)nc(C)c1C. The van der Waals surface area contributed by atoms with Gasteiger partial charge >= 0.3 is 0 Å². The Bertz CT molecular complexity index is 762. The summed E-state index contributed by atoms with van der Waals surface area (Å²) in [6, 6.07) is 8.39. The summed E-state index contributed by atoms with van der Waals surface area (Å²) in [6.45, 7) is 7.04. The molecule has 102 valence electrons. The van der Waals surface area contributed by atoms with E-state index in [0.717, 1.165) is 35.0 Å². The van der Waals surface area contributed by atoms with Gasteiger partial charge in [0.1, 0.15) is 5.82 Å². The van der Waals surface area contributed by atoms with Crippen LogP contribution in [0.25, 0.3) is 21.5 Å². The van der Waals surface area contributed by atoms with Gasteiger partial charge in [-0.15, -0.1) is 11.3 Å². The van der Waals surface area contributed by atoms with Gasteiger partial charge in [-0.3, -0.25) is 0 Å². The minimum Gasteiger partial charge on any atom is -0.370 e. The molecule has 0 amide bonds. The van der Waals surface area contributed by atoms with Crippen molar-refractivity contribution in [1.29, 1.82) is 0 Å². The van der Waals surface area contributed by atoms with Crippen LogP contribution in [0.15, 0.2) is 29.6 Å². The predicted octanol–water partition coefficient (Wildman–Crippen LogP) is 4.41. The van der Waals surface area contributed by atoms with Gasteiger partial charge in [-0.05, 0) is 26.8 Å². The molecule has 20 heavy (non-hydrogen) atoms. The van der Waals surface area contributed by atoms with Crippen LogP contribution in [0.3, 0.4) is 0 Å². The van der Waals surface area contributed by atoms with Crippen molar-refractivity contribution in [2.75, 3.05) is 11.9 Å². The van der Waals surface area contributed by atoms with Gasteiger partial charge in [0.05, 0.1) is 0 Å². The number of hydrogen-bond acceptors (Lipinski definition) is 4. The molecular weight excluding hydrogens is 266 g/mol. The fourth-order valence-corrected chi connectivity index (χ4v) is 3.18. The first-order chi connectivity index (χ1) is 9.70. The second-order valence-corrected chi connectivity index (χ2v) is 5.69. The number of nitrogens with one attached hydrogen (secondary N) is 1. The molecule has 4 heteroatoms. The molecule has 0 bridgehead atoms. The molecule has 0 aliphatic rings. The van der Waals surface area contributed by atoms with E-state index >= 15 is 0 Å². The maximum Gasteiger partial charge on any atom is 0.163 e. The van der Waals surface area contributed by atoms with Crippen LogP contribution in [-0.2, 0) is 0 Å². The zero-order chi connectivity index (χ0) is 14.1. The Morgan fingerprint density at radius 3 is 2.75 bits per heavy atom. The standard InChI is InChI=1S/C16H17N3S/c1-4-17-15-10(2)11(3)18-16(19-15)13-9-20-14-8-6-5-7-12(13)14/h5-9H,4H2,1-3H3,(H,17,18,19). The smallest absolute Gasteiger partial charge is 0.163 e. The fourth-order valence-electron chi connectivity index (χ4n) is 2.24. The molecule has 0 radical (unpaired) electrons. The molecule has 2 aromatic heterocycles. The Morgan fingerprint density at radius 1 is 1.15 bits per heavy atom. The Morgan fingerprint density at radius 2 is 1.95 bits per heavy atom. The van der Waals surface area contributed by atoms with Gasteiger partial charge in [-0.1, -0.05) is 18.2 Å². The van der Waals surface area contributed by atoms with Crippen LogP contribution in [0.2, 0.25) is 0 Å².